The Balaban J connectivity index is 0.00000364. The molecule has 1 amide bonds. The van der Waals surface area contributed by atoms with E-state index < -0.39 is 0 Å². The number of ether oxygens (including phenoxy) is 1. The van der Waals surface area contributed by atoms with Crippen molar-refractivity contribution in [2.24, 2.45) is 10.9 Å². The van der Waals surface area contributed by atoms with E-state index in [1.54, 1.807) is 6.20 Å². The summed E-state index contributed by atoms with van der Waals surface area (Å²) in [4.78, 5) is 20.7. The number of carbonyl (C=O) groups is 1. The van der Waals surface area contributed by atoms with E-state index in [1.165, 1.54) is 12.8 Å². The number of aliphatic imine (C=N–C) groups is 1. The lowest BCUT2D eigenvalue weighted by Crippen LogP contribution is -2.48. The van der Waals surface area contributed by atoms with Crippen molar-refractivity contribution in [3.05, 3.63) is 23.9 Å². The first-order valence-electron chi connectivity index (χ1n) is 9.26. The molecule has 152 valence electrons. The Hall–Kier alpha value is -1.58. The van der Waals surface area contributed by atoms with E-state index in [2.05, 4.69) is 25.9 Å². The fourth-order valence-electron chi connectivity index (χ4n) is 2.22. The summed E-state index contributed by atoms with van der Waals surface area (Å²) in [5.41, 5.74) is 0.739. The number of hydrogen-bond acceptors (Lipinski definition) is 4. The fourth-order valence-corrected chi connectivity index (χ4v) is 2.22. The molecule has 1 heterocycles. The van der Waals surface area contributed by atoms with Gasteiger partial charge < -0.3 is 20.7 Å². The van der Waals surface area contributed by atoms with Crippen molar-refractivity contribution in [3.63, 3.8) is 0 Å². The highest BCUT2D eigenvalue weighted by Crippen LogP contribution is 2.29. The average molecular weight is 489 g/mol. The molecule has 0 saturated heterocycles. The zero-order valence-electron chi connectivity index (χ0n) is 16.7. The van der Waals surface area contributed by atoms with Gasteiger partial charge in [-0.25, -0.2) is 9.98 Å². The lowest BCUT2D eigenvalue weighted by molar-refractivity contribution is -0.121. The number of nitrogens with one attached hydrogen (secondary N) is 3. The molecule has 1 saturated carbocycles. The van der Waals surface area contributed by atoms with E-state index in [0.717, 1.165) is 18.7 Å². The van der Waals surface area contributed by atoms with Gasteiger partial charge in [-0.15, -0.1) is 24.0 Å². The number of carbonyl (C=O) groups excluding carboxylic acids is 1. The molecule has 1 fully saturated rings. The van der Waals surface area contributed by atoms with Crippen LogP contribution >= 0.6 is 24.0 Å². The second kappa shape index (κ2) is 11.3. The van der Waals surface area contributed by atoms with E-state index in [-0.39, 0.29) is 42.0 Å². The van der Waals surface area contributed by atoms with Crippen LogP contribution in [0.25, 0.3) is 0 Å². The molecule has 1 aliphatic rings. The molecule has 8 heteroatoms. The van der Waals surface area contributed by atoms with Crippen LogP contribution < -0.4 is 20.7 Å². The van der Waals surface area contributed by atoms with Crippen molar-refractivity contribution in [2.75, 3.05) is 19.7 Å². The molecule has 1 aromatic rings. The number of hydrogen-bond donors (Lipinski definition) is 3. The predicted octanol–water partition coefficient (Wildman–Crippen LogP) is 2.46. The maximum atomic E-state index is 11.9. The average Bonchev–Trinajstić information content (AvgIpc) is 3.39. The van der Waals surface area contributed by atoms with Gasteiger partial charge in [-0.1, -0.05) is 6.07 Å². The Morgan fingerprint density at radius 2 is 2.04 bits per heavy atom. The maximum Gasteiger partial charge on any atom is 0.239 e. The Morgan fingerprint density at radius 1 is 1.30 bits per heavy atom. The molecule has 0 unspecified atom stereocenters. The molecule has 0 aromatic carbocycles. The number of aromatic nitrogens is 1. The van der Waals surface area contributed by atoms with Gasteiger partial charge in [0.25, 0.3) is 0 Å². The molecule has 3 N–H and O–H groups in total. The number of amides is 1. The highest BCUT2D eigenvalue weighted by Gasteiger charge is 2.22. The molecule has 7 nitrogen and oxygen atoms in total. The van der Waals surface area contributed by atoms with Gasteiger partial charge in [-0.05, 0) is 52.0 Å². The quantitative estimate of drug-likeness (QED) is 0.297. The summed E-state index contributed by atoms with van der Waals surface area (Å²) in [6, 6.07) is 3.85. The third kappa shape index (κ3) is 10.4. The van der Waals surface area contributed by atoms with Gasteiger partial charge in [0.1, 0.15) is 0 Å². The normalized spacial score (nSPS) is 14.1. The third-order valence-electron chi connectivity index (χ3n) is 3.66. The number of rotatable bonds is 8. The fraction of sp³-hybridized carbons (Fsp3) is 0.632. The zero-order chi connectivity index (χ0) is 19.0. The Kier molecular flexibility index (Phi) is 9.82. The number of halogens is 1. The highest BCUT2D eigenvalue weighted by atomic mass is 127. The van der Waals surface area contributed by atoms with Crippen molar-refractivity contribution in [1.29, 1.82) is 0 Å². The van der Waals surface area contributed by atoms with Crippen molar-refractivity contribution in [3.8, 4) is 5.88 Å². The lowest BCUT2D eigenvalue weighted by Gasteiger charge is -2.21. The van der Waals surface area contributed by atoms with Gasteiger partial charge in [0, 0.05) is 24.3 Å². The molecule has 0 radical (unpaired) electrons. The smallest absolute Gasteiger partial charge is 0.239 e. The predicted molar refractivity (Wildman–Crippen MR) is 119 cm³/mol. The lowest BCUT2D eigenvalue weighted by atomic mass is 10.1. The molecule has 1 aromatic heterocycles. The van der Waals surface area contributed by atoms with Crippen LogP contribution in [0, 0.1) is 5.92 Å². The summed E-state index contributed by atoms with van der Waals surface area (Å²) in [7, 11) is 0. The highest BCUT2D eigenvalue weighted by molar-refractivity contribution is 14.0. The van der Waals surface area contributed by atoms with E-state index in [9.17, 15) is 4.79 Å². The molecule has 1 aliphatic carbocycles. The summed E-state index contributed by atoms with van der Waals surface area (Å²) in [5.74, 6) is 1.91. The van der Waals surface area contributed by atoms with E-state index in [4.69, 9.17) is 4.74 Å². The second-order valence-corrected chi connectivity index (χ2v) is 7.61. The molecule has 0 aliphatic heterocycles. The zero-order valence-corrected chi connectivity index (χ0v) is 19.0. The van der Waals surface area contributed by atoms with Gasteiger partial charge >= 0.3 is 0 Å². The first kappa shape index (κ1) is 23.5. The first-order chi connectivity index (χ1) is 12.4. The van der Waals surface area contributed by atoms with E-state index in [0.29, 0.717) is 24.3 Å². The molecular weight excluding hydrogens is 457 g/mol. The monoisotopic (exact) mass is 489 g/mol. The minimum atomic E-state index is -0.247. The van der Waals surface area contributed by atoms with Crippen molar-refractivity contribution >= 4 is 35.8 Å². The molecule has 0 atom stereocenters. The van der Waals surface area contributed by atoms with E-state index in [1.807, 2.05) is 39.8 Å². The Labute approximate surface area is 179 Å². The SMILES string of the molecule is CCNC(=NCc1ccc(OCC2CC2)nc1)NCC(=O)NC(C)(C)C.I. The minimum absolute atomic E-state index is 0. The van der Waals surface area contributed by atoms with Gasteiger partial charge in [0.2, 0.25) is 11.8 Å². The largest absolute Gasteiger partial charge is 0.477 e. The summed E-state index contributed by atoms with van der Waals surface area (Å²) < 4.78 is 5.64. The summed E-state index contributed by atoms with van der Waals surface area (Å²) in [6.07, 6.45) is 4.31. The van der Waals surface area contributed by atoms with Gasteiger partial charge in [-0.2, -0.15) is 0 Å². The van der Waals surface area contributed by atoms with Crippen molar-refractivity contribution in [2.45, 2.75) is 52.6 Å². The van der Waals surface area contributed by atoms with Crippen molar-refractivity contribution in [1.82, 2.24) is 20.9 Å². The van der Waals surface area contributed by atoms with Crippen LogP contribution in [0.15, 0.2) is 23.3 Å². The van der Waals surface area contributed by atoms with E-state index >= 15 is 0 Å². The summed E-state index contributed by atoms with van der Waals surface area (Å²) in [6.45, 7) is 9.98. The first-order valence-corrected chi connectivity index (χ1v) is 9.26. The van der Waals surface area contributed by atoms with Crippen LogP contribution in [0.1, 0.15) is 46.1 Å². The molecule has 2 rings (SSSR count). The molecule has 0 spiro atoms. The number of guanidine groups is 1. The van der Waals surface area contributed by atoms with Crippen LogP contribution in [0.5, 0.6) is 5.88 Å². The van der Waals surface area contributed by atoms with Crippen LogP contribution in [0.3, 0.4) is 0 Å². The Morgan fingerprint density at radius 3 is 2.59 bits per heavy atom. The standard InChI is InChI=1S/C19H31N5O2.HI/c1-5-20-18(23-12-16(25)24-19(2,3)4)22-11-15-8-9-17(21-10-15)26-13-14-6-7-14;/h8-10,14H,5-7,11-13H2,1-4H3,(H,24,25)(H2,20,22,23);1H. The molecule has 0 bridgehead atoms. The van der Waals surface area contributed by atoms with Gasteiger partial charge in [0.05, 0.1) is 19.7 Å². The van der Waals surface area contributed by atoms with Crippen molar-refractivity contribution < 1.29 is 9.53 Å². The topological polar surface area (TPSA) is 87.6 Å². The second-order valence-electron chi connectivity index (χ2n) is 7.61. The number of nitrogens with zero attached hydrogens (tertiary/aromatic N) is 2. The summed E-state index contributed by atoms with van der Waals surface area (Å²) in [5, 5.41) is 9.09. The number of pyridine rings is 1. The van der Waals surface area contributed by atoms with Gasteiger partial charge in [0.15, 0.2) is 5.96 Å². The van der Waals surface area contributed by atoms with Gasteiger partial charge in [-0.3, -0.25) is 4.79 Å². The maximum absolute atomic E-state index is 11.9. The summed E-state index contributed by atoms with van der Waals surface area (Å²) >= 11 is 0. The van der Waals surface area contributed by atoms with Crippen LogP contribution in [0.2, 0.25) is 0 Å². The third-order valence-corrected chi connectivity index (χ3v) is 3.66. The molecule has 27 heavy (non-hydrogen) atoms. The van der Waals surface area contributed by atoms with Crippen LogP contribution in [-0.4, -0.2) is 42.1 Å². The molecular formula is C19H32IN5O2. The van der Waals surface area contributed by atoms with Crippen LogP contribution in [-0.2, 0) is 11.3 Å². The Bertz CT molecular complexity index is 610. The minimum Gasteiger partial charge on any atom is -0.477 e. The van der Waals surface area contributed by atoms with Crippen LogP contribution in [0.4, 0.5) is 0 Å².